The Morgan fingerprint density at radius 2 is 2.50 bits per heavy atom. The van der Waals surface area contributed by atoms with Gasteiger partial charge >= 0.3 is 5.97 Å². The summed E-state index contributed by atoms with van der Waals surface area (Å²) in [4.78, 5) is 11.3. The van der Waals surface area contributed by atoms with Crippen LogP contribution in [-0.4, -0.2) is 18.6 Å². The molecular formula is C9H13NO2. The first kappa shape index (κ1) is 7.80. The number of allylic oxidation sites excluding steroid dienone is 1. The lowest BCUT2D eigenvalue weighted by Crippen LogP contribution is -2.44. The van der Waals surface area contributed by atoms with Crippen LogP contribution in [0.1, 0.15) is 12.8 Å². The summed E-state index contributed by atoms with van der Waals surface area (Å²) in [6, 6.07) is 0. The fraction of sp³-hybridized carbons (Fsp3) is 0.667. The molecule has 3 nitrogen and oxygen atoms in total. The van der Waals surface area contributed by atoms with Gasteiger partial charge in [-0.2, -0.15) is 0 Å². The molecule has 0 aromatic rings. The van der Waals surface area contributed by atoms with Gasteiger partial charge in [0.2, 0.25) is 0 Å². The number of fused-ring (bicyclic) bond motifs is 2. The maximum atomic E-state index is 11.3. The minimum absolute atomic E-state index is 0.113. The molecule has 2 N–H and O–H groups in total. The van der Waals surface area contributed by atoms with Crippen LogP contribution in [0.2, 0.25) is 0 Å². The van der Waals surface area contributed by atoms with E-state index < -0.39 is 5.54 Å². The molecule has 0 aliphatic heterocycles. The fourth-order valence-corrected chi connectivity index (χ4v) is 2.31. The van der Waals surface area contributed by atoms with Gasteiger partial charge in [-0.15, -0.1) is 0 Å². The molecule has 0 spiro atoms. The van der Waals surface area contributed by atoms with Crippen molar-refractivity contribution in [3.8, 4) is 0 Å². The Morgan fingerprint density at radius 1 is 1.75 bits per heavy atom. The van der Waals surface area contributed by atoms with Crippen molar-refractivity contribution >= 4 is 5.97 Å². The number of methoxy groups -OCH3 is 1. The summed E-state index contributed by atoms with van der Waals surface area (Å²) in [6.07, 6.45) is 5.84. The van der Waals surface area contributed by atoms with E-state index in [0.29, 0.717) is 5.92 Å². The van der Waals surface area contributed by atoms with Gasteiger partial charge in [0.25, 0.3) is 0 Å². The summed E-state index contributed by atoms with van der Waals surface area (Å²) < 4.78 is 4.70. The molecule has 0 amide bonds. The maximum Gasteiger partial charge on any atom is 0.310 e. The van der Waals surface area contributed by atoms with Crippen LogP contribution in [0.25, 0.3) is 0 Å². The van der Waals surface area contributed by atoms with Gasteiger partial charge in [-0.3, -0.25) is 4.79 Å². The van der Waals surface area contributed by atoms with Gasteiger partial charge in [-0.25, -0.2) is 0 Å². The molecule has 2 bridgehead atoms. The third-order valence-corrected chi connectivity index (χ3v) is 2.97. The number of carbonyl (C=O) groups is 1. The number of ether oxygens (including phenoxy) is 1. The Kier molecular flexibility index (Phi) is 1.51. The monoisotopic (exact) mass is 167 g/mol. The number of hydrogen-bond donors (Lipinski definition) is 1. The summed E-state index contributed by atoms with van der Waals surface area (Å²) in [5, 5.41) is 0. The van der Waals surface area contributed by atoms with Crippen molar-refractivity contribution < 1.29 is 9.53 Å². The van der Waals surface area contributed by atoms with Crippen LogP contribution in [0, 0.1) is 11.8 Å². The Bertz CT molecular complexity index is 249. The molecule has 2 rings (SSSR count). The van der Waals surface area contributed by atoms with Gasteiger partial charge in [-0.05, 0) is 18.8 Å². The minimum Gasteiger partial charge on any atom is -0.469 e. The quantitative estimate of drug-likeness (QED) is 0.456. The van der Waals surface area contributed by atoms with Crippen molar-refractivity contribution in [2.75, 3.05) is 7.11 Å². The summed E-state index contributed by atoms with van der Waals surface area (Å²) >= 11 is 0. The van der Waals surface area contributed by atoms with Crippen molar-refractivity contribution in [3.05, 3.63) is 12.2 Å². The Labute approximate surface area is 71.6 Å². The van der Waals surface area contributed by atoms with E-state index in [2.05, 4.69) is 6.08 Å². The van der Waals surface area contributed by atoms with Crippen LogP contribution in [0.15, 0.2) is 12.2 Å². The summed E-state index contributed by atoms with van der Waals surface area (Å²) in [5.74, 6) is 0.223. The molecule has 0 heterocycles. The van der Waals surface area contributed by atoms with E-state index in [-0.39, 0.29) is 11.9 Å². The molecule has 66 valence electrons. The van der Waals surface area contributed by atoms with Crippen LogP contribution in [0.3, 0.4) is 0 Å². The van der Waals surface area contributed by atoms with E-state index in [1.165, 1.54) is 7.11 Å². The summed E-state index contributed by atoms with van der Waals surface area (Å²) in [7, 11) is 1.42. The normalized spacial score (nSPS) is 43.5. The lowest BCUT2D eigenvalue weighted by Gasteiger charge is -2.25. The van der Waals surface area contributed by atoms with Crippen LogP contribution in [0.5, 0.6) is 0 Å². The summed E-state index contributed by atoms with van der Waals surface area (Å²) in [6.45, 7) is 0. The summed E-state index contributed by atoms with van der Waals surface area (Å²) in [5.41, 5.74) is 5.63. The van der Waals surface area contributed by atoms with Gasteiger partial charge in [-0.1, -0.05) is 12.2 Å². The molecule has 3 heteroatoms. The van der Waals surface area contributed by atoms with Crippen molar-refractivity contribution in [1.82, 2.24) is 0 Å². The molecule has 0 saturated heterocycles. The third-order valence-electron chi connectivity index (χ3n) is 2.97. The highest BCUT2D eigenvalue weighted by atomic mass is 16.5. The molecule has 2 aliphatic carbocycles. The van der Waals surface area contributed by atoms with Crippen molar-refractivity contribution in [3.63, 3.8) is 0 Å². The Hall–Kier alpha value is -0.830. The van der Waals surface area contributed by atoms with Crippen LogP contribution in [0.4, 0.5) is 0 Å². The van der Waals surface area contributed by atoms with E-state index in [4.69, 9.17) is 10.5 Å². The molecule has 0 radical (unpaired) electrons. The van der Waals surface area contributed by atoms with Gasteiger partial charge in [0.05, 0.1) is 13.0 Å². The zero-order valence-electron chi connectivity index (χ0n) is 7.12. The van der Waals surface area contributed by atoms with Crippen molar-refractivity contribution in [1.29, 1.82) is 0 Å². The van der Waals surface area contributed by atoms with E-state index >= 15 is 0 Å². The number of nitrogens with two attached hydrogens (primary N) is 1. The number of carbonyl (C=O) groups excluding carboxylic acids is 1. The average Bonchev–Trinajstić information content (AvgIpc) is 2.57. The standard InChI is InChI=1S/C9H13NO2/c1-12-8(11)7-4-6-2-3-9(7,10)5-6/h2-3,6-7H,4-5,10H2,1H3. The van der Waals surface area contributed by atoms with Crippen LogP contribution in [-0.2, 0) is 9.53 Å². The highest BCUT2D eigenvalue weighted by Crippen LogP contribution is 2.45. The first-order valence-electron chi connectivity index (χ1n) is 4.22. The number of rotatable bonds is 1. The first-order chi connectivity index (χ1) is 5.65. The lowest BCUT2D eigenvalue weighted by molar-refractivity contribution is -0.146. The second-order valence-corrected chi connectivity index (χ2v) is 3.75. The Morgan fingerprint density at radius 3 is 2.92 bits per heavy atom. The molecule has 0 aromatic heterocycles. The van der Waals surface area contributed by atoms with Gasteiger partial charge in [0.15, 0.2) is 0 Å². The highest BCUT2D eigenvalue weighted by molar-refractivity contribution is 5.75. The number of esters is 1. The molecule has 2 aliphatic rings. The molecule has 12 heavy (non-hydrogen) atoms. The average molecular weight is 167 g/mol. The first-order valence-corrected chi connectivity index (χ1v) is 4.22. The van der Waals surface area contributed by atoms with Crippen molar-refractivity contribution in [2.24, 2.45) is 17.6 Å². The molecule has 1 saturated carbocycles. The zero-order chi connectivity index (χ0) is 8.77. The topological polar surface area (TPSA) is 52.3 Å². The molecule has 1 fully saturated rings. The Balaban J connectivity index is 2.21. The van der Waals surface area contributed by atoms with Gasteiger partial charge < -0.3 is 10.5 Å². The SMILES string of the molecule is COC(=O)C1CC2C=CC1(N)C2. The highest BCUT2D eigenvalue weighted by Gasteiger charge is 2.49. The largest absolute Gasteiger partial charge is 0.469 e. The van der Waals surface area contributed by atoms with E-state index in [1.54, 1.807) is 0 Å². The van der Waals surface area contributed by atoms with Gasteiger partial charge in [0.1, 0.15) is 0 Å². The number of hydrogen-bond acceptors (Lipinski definition) is 3. The fourth-order valence-electron chi connectivity index (χ4n) is 2.31. The third kappa shape index (κ3) is 0.894. The zero-order valence-corrected chi connectivity index (χ0v) is 7.12. The maximum absolute atomic E-state index is 11.3. The molecular weight excluding hydrogens is 154 g/mol. The minimum atomic E-state index is -0.405. The second-order valence-electron chi connectivity index (χ2n) is 3.75. The predicted molar refractivity (Wildman–Crippen MR) is 44.3 cm³/mol. The predicted octanol–water partition coefficient (Wildman–Crippen LogP) is 0.453. The van der Waals surface area contributed by atoms with E-state index in [9.17, 15) is 4.79 Å². The molecule has 3 atom stereocenters. The van der Waals surface area contributed by atoms with Crippen molar-refractivity contribution in [2.45, 2.75) is 18.4 Å². The smallest absolute Gasteiger partial charge is 0.310 e. The lowest BCUT2D eigenvalue weighted by atomic mass is 9.87. The van der Waals surface area contributed by atoms with Crippen LogP contribution < -0.4 is 5.73 Å². The van der Waals surface area contributed by atoms with E-state index in [1.807, 2.05) is 6.08 Å². The molecule has 3 unspecified atom stereocenters. The van der Waals surface area contributed by atoms with E-state index in [0.717, 1.165) is 12.8 Å². The van der Waals surface area contributed by atoms with Crippen LogP contribution >= 0.6 is 0 Å². The van der Waals surface area contributed by atoms with Gasteiger partial charge in [0, 0.05) is 5.54 Å². The molecule has 0 aromatic carbocycles. The second kappa shape index (κ2) is 2.33.